The van der Waals surface area contributed by atoms with Crippen molar-refractivity contribution in [2.75, 3.05) is 13.1 Å². The van der Waals surface area contributed by atoms with Crippen molar-refractivity contribution in [3.05, 3.63) is 61.4 Å². The van der Waals surface area contributed by atoms with Crippen molar-refractivity contribution in [1.29, 1.82) is 0 Å². The lowest BCUT2D eigenvalue weighted by molar-refractivity contribution is 0.0898. The number of amides is 2. The van der Waals surface area contributed by atoms with E-state index in [-0.39, 0.29) is 36.5 Å². The first kappa shape index (κ1) is 22.3. The van der Waals surface area contributed by atoms with Gasteiger partial charge in [0.25, 0.3) is 5.91 Å². The van der Waals surface area contributed by atoms with Crippen LogP contribution in [0, 0.1) is 13.8 Å². The lowest BCUT2D eigenvalue weighted by atomic mass is 10.2. The standard InChI is InChI=1S/C18H17BrCl2N6O3/c1-9-15(19)10(2)27(25-9)8-14-24-18(30-26-14)17(29)23-6-5-22-16(28)11-3-4-12(20)13(21)7-11/h3-4,7H,5-6,8H2,1-2H3,(H,22,28)(H,23,29). The fourth-order valence-corrected chi connectivity index (χ4v) is 3.12. The van der Waals surface area contributed by atoms with Crippen molar-refractivity contribution in [2.45, 2.75) is 20.4 Å². The number of aryl methyl sites for hydroxylation is 1. The Hall–Kier alpha value is -2.43. The molecular weight excluding hydrogens is 499 g/mol. The maximum Gasteiger partial charge on any atom is 0.316 e. The molecule has 0 aliphatic carbocycles. The van der Waals surface area contributed by atoms with Gasteiger partial charge in [0.05, 0.1) is 25.9 Å². The Balaban J connectivity index is 1.48. The van der Waals surface area contributed by atoms with Crippen LogP contribution in [0.4, 0.5) is 0 Å². The number of nitrogens with zero attached hydrogens (tertiary/aromatic N) is 4. The van der Waals surface area contributed by atoms with Gasteiger partial charge in [0.2, 0.25) is 0 Å². The summed E-state index contributed by atoms with van der Waals surface area (Å²) in [7, 11) is 0. The van der Waals surface area contributed by atoms with Gasteiger partial charge in [-0.25, -0.2) is 0 Å². The summed E-state index contributed by atoms with van der Waals surface area (Å²) in [5.74, 6) is -0.710. The molecule has 30 heavy (non-hydrogen) atoms. The maximum absolute atomic E-state index is 12.2. The predicted molar refractivity (Wildman–Crippen MR) is 114 cm³/mol. The Morgan fingerprint density at radius 2 is 1.83 bits per heavy atom. The van der Waals surface area contributed by atoms with Gasteiger partial charge in [-0.15, -0.1) is 0 Å². The first-order valence-electron chi connectivity index (χ1n) is 8.79. The van der Waals surface area contributed by atoms with Crippen LogP contribution in [-0.2, 0) is 6.54 Å². The lowest BCUT2D eigenvalue weighted by Crippen LogP contribution is -2.34. The molecule has 0 fully saturated rings. The van der Waals surface area contributed by atoms with Crippen LogP contribution >= 0.6 is 39.1 Å². The highest BCUT2D eigenvalue weighted by Crippen LogP contribution is 2.22. The first-order chi connectivity index (χ1) is 14.3. The van der Waals surface area contributed by atoms with E-state index in [9.17, 15) is 9.59 Å². The van der Waals surface area contributed by atoms with E-state index in [1.807, 2.05) is 13.8 Å². The number of hydrogen-bond donors (Lipinski definition) is 2. The Kier molecular flexibility index (Phi) is 7.11. The second kappa shape index (κ2) is 9.59. The van der Waals surface area contributed by atoms with Gasteiger partial charge in [0, 0.05) is 18.7 Å². The fourth-order valence-electron chi connectivity index (χ4n) is 2.54. The van der Waals surface area contributed by atoms with Gasteiger partial charge in [0.15, 0.2) is 5.82 Å². The molecule has 2 aromatic heterocycles. The summed E-state index contributed by atoms with van der Waals surface area (Å²) >= 11 is 15.2. The van der Waals surface area contributed by atoms with E-state index in [4.69, 9.17) is 27.7 Å². The van der Waals surface area contributed by atoms with E-state index in [1.54, 1.807) is 16.8 Å². The van der Waals surface area contributed by atoms with Gasteiger partial charge in [-0.1, -0.05) is 28.4 Å². The molecule has 0 atom stereocenters. The summed E-state index contributed by atoms with van der Waals surface area (Å²) in [5, 5.41) is 14.1. The smallest absolute Gasteiger partial charge is 0.316 e. The minimum atomic E-state index is -0.535. The average Bonchev–Trinajstić information content (AvgIpc) is 3.28. The van der Waals surface area contributed by atoms with Crippen LogP contribution in [0.3, 0.4) is 0 Å². The molecule has 0 spiro atoms. The molecule has 0 bridgehead atoms. The van der Waals surface area contributed by atoms with Crippen LogP contribution in [0.5, 0.6) is 0 Å². The zero-order valence-electron chi connectivity index (χ0n) is 16.0. The summed E-state index contributed by atoms with van der Waals surface area (Å²) in [4.78, 5) is 28.3. The molecule has 12 heteroatoms. The van der Waals surface area contributed by atoms with Crippen molar-refractivity contribution >= 4 is 50.9 Å². The number of rotatable bonds is 7. The predicted octanol–water partition coefficient (Wildman–Crippen LogP) is 3.16. The summed E-state index contributed by atoms with van der Waals surface area (Å²) in [6, 6.07) is 4.57. The number of carbonyl (C=O) groups excluding carboxylic acids is 2. The van der Waals surface area contributed by atoms with Crippen molar-refractivity contribution in [3.8, 4) is 0 Å². The van der Waals surface area contributed by atoms with E-state index < -0.39 is 5.91 Å². The van der Waals surface area contributed by atoms with Crippen LogP contribution in [0.15, 0.2) is 27.2 Å². The Labute approximate surface area is 190 Å². The molecular formula is C18H17BrCl2N6O3. The molecule has 2 N–H and O–H groups in total. The minimum Gasteiger partial charge on any atom is -0.350 e. The Morgan fingerprint density at radius 1 is 1.13 bits per heavy atom. The monoisotopic (exact) mass is 514 g/mol. The Morgan fingerprint density at radius 3 is 2.47 bits per heavy atom. The van der Waals surface area contributed by atoms with Crippen molar-refractivity contribution in [3.63, 3.8) is 0 Å². The summed E-state index contributed by atoms with van der Waals surface area (Å²) in [5.41, 5.74) is 2.13. The van der Waals surface area contributed by atoms with Gasteiger partial charge in [0.1, 0.15) is 6.54 Å². The van der Waals surface area contributed by atoms with E-state index in [2.05, 4.69) is 41.8 Å². The number of nitrogens with one attached hydrogen (secondary N) is 2. The highest BCUT2D eigenvalue weighted by atomic mass is 79.9. The summed E-state index contributed by atoms with van der Waals surface area (Å²) < 4.78 is 7.63. The van der Waals surface area contributed by atoms with Gasteiger partial charge in [-0.05, 0) is 48.0 Å². The number of carbonyl (C=O) groups is 2. The molecule has 3 aromatic rings. The molecule has 0 radical (unpaired) electrons. The molecule has 1 aromatic carbocycles. The first-order valence-corrected chi connectivity index (χ1v) is 10.3. The van der Waals surface area contributed by atoms with Gasteiger partial charge in [-0.2, -0.15) is 10.1 Å². The molecule has 0 unspecified atom stereocenters. The highest BCUT2D eigenvalue weighted by Gasteiger charge is 2.17. The SMILES string of the molecule is Cc1nn(Cc2noc(C(=O)NCCNC(=O)c3ccc(Cl)c(Cl)c3)n2)c(C)c1Br. The van der Waals surface area contributed by atoms with E-state index in [1.165, 1.54) is 6.07 Å². The third-order valence-corrected chi connectivity index (χ3v) is 6.01. The molecule has 0 aliphatic heterocycles. The van der Waals surface area contributed by atoms with Crippen molar-refractivity contribution in [2.24, 2.45) is 0 Å². The lowest BCUT2D eigenvalue weighted by Gasteiger charge is -2.06. The molecule has 2 amide bonds. The summed E-state index contributed by atoms with van der Waals surface area (Å²) in [6.07, 6.45) is 0. The van der Waals surface area contributed by atoms with E-state index in [0.29, 0.717) is 16.4 Å². The highest BCUT2D eigenvalue weighted by molar-refractivity contribution is 9.10. The van der Waals surface area contributed by atoms with Crippen LogP contribution in [0.25, 0.3) is 0 Å². The fraction of sp³-hybridized carbons (Fsp3) is 0.278. The van der Waals surface area contributed by atoms with Gasteiger partial charge < -0.3 is 15.2 Å². The van der Waals surface area contributed by atoms with E-state index >= 15 is 0 Å². The third-order valence-electron chi connectivity index (χ3n) is 4.12. The zero-order chi connectivity index (χ0) is 21.8. The molecule has 0 saturated heterocycles. The second-order valence-corrected chi connectivity index (χ2v) is 7.91. The van der Waals surface area contributed by atoms with Crippen LogP contribution in [0.2, 0.25) is 10.0 Å². The van der Waals surface area contributed by atoms with Crippen LogP contribution in [-0.4, -0.2) is 44.8 Å². The van der Waals surface area contributed by atoms with Crippen molar-refractivity contribution in [1.82, 2.24) is 30.6 Å². The van der Waals surface area contributed by atoms with E-state index in [0.717, 1.165) is 15.9 Å². The van der Waals surface area contributed by atoms with Crippen LogP contribution in [0.1, 0.15) is 38.3 Å². The number of aromatic nitrogens is 4. The average molecular weight is 516 g/mol. The van der Waals surface area contributed by atoms with Crippen molar-refractivity contribution < 1.29 is 14.1 Å². The topological polar surface area (TPSA) is 115 Å². The maximum atomic E-state index is 12.2. The third kappa shape index (κ3) is 5.18. The molecule has 3 rings (SSSR count). The van der Waals surface area contributed by atoms with Gasteiger partial charge >= 0.3 is 11.8 Å². The minimum absolute atomic E-state index is 0.165. The summed E-state index contributed by atoms with van der Waals surface area (Å²) in [6.45, 7) is 4.43. The number of hydrogen-bond acceptors (Lipinski definition) is 6. The number of benzene rings is 1. The molecule has 158 valence electrons. The number of halogens is 3. The Bertz CT molecular complexity index is 1100. The quantitative estimate of drug-likeness (QED) is 0.467. The van der Waals surface area contributed by atoms with Gasteiger partial charge in [-0.3, -0.25) is 14.3 Å². The molecule has 0 saturated carbocycles. The molecule has 0 aliphatic rings. The second-order valence-electron chi connectivity index (χ2n) is 6.30. The van der Waals surface area contributed by atoms with Crippen LogP contribution < -0.4 is 10.6 Å². The molecule has 2 heterocycles. The largest absolute Gasteiger partial charge is 0.350 e. The zero-order valence-corrected chi connectivity index (χ0v) is 19.1. The normalized spacial score (nSPS) is 10.8. The molecule has 9 nitrogen and oxygen atoms in total.